The zero-order chi connectivity index (χ0) is 19.0. The normalized spacial score (nSPS) is 33.1. The topological polar surface area (TPSA) is 73.0 Å². The van der Waals surface area contributed by atoms with E-state index in [2.05, 4.69) is 10.2 Å². The molecule has 7 heteroatoms. The Morgan fingerprint density at radius 3 is 2.37 bits per heavy atom. The van der Waals surface area contributed by atoms with Gasteiger partial charge in [-0.3, -0.25) is 19.4 Å². The maximum atomic E-state index is 13.0. The van der Waals surface area contributed by atoms with E-state index in [-0.39, 0.29) is 24.3 Å². The molecule has 150 valence electrons. The van der Waals surface area contributed by atoms with Crippen LogP contribution in [0.1, 0.15) is 58.3 Å². The van der Waals surface area contributed by atoms with Gasteiger partial charge in [0.1, 0.15) is 12.1 Å². The molecule has 0 aromatic rings. The Morgan fingerprint density at radius 2 is 1.70 bits per heavy atom. The number of piperazine rings is 1. The fraction of sp³-hybridized carbons (Fsp3) is 0.850. The molecule has 1 spiro atoms. The molecular formula is C20H32N4O3. The summed E-state index contributed by atoms with van der Waals surface area (Å²) in [6.07, 6.45) is 8.84. The van der Waals surface area contributed by atoms with Crippen LogP contribution in [0, 0.1) is 5.92 Å². The number of hydrogen-bond acceptors (Lipinski definition) is 4. The van der Waals surface area contributed by atoms with Gasteiger partial charge in [0.2, 0.25) is 5.91 Å². The van der Waals surface area contributed by atoms with E-state index in [1.807, 2.05) is 11.8 Å². The van der Waals surface area contributed by atoms with Crippen molar-refractivity contribution < 1.29 is 14.4 Å². The van der Waals surface area contributed by atoms with Gasteiger partial charge in [-0.05, 0) is 31.6 Å². The zero-order valence-electron chi connectivity index (χ0n) is 16.4. The van der Waals surface area contributed by atoms with Gasteiger partial charge in [-0.2, -0.15) is 0 Å². The summed E-state index contributed by atoms with van der Waals surface area (Å²) < 4.78 is 0. The van der Waals surface area contributed by atoms with Crippen molar-refractivity contribution in [2.75, 3.05) is 32.7 Å². The van der Waals surface area contributed by atoms with Crippen LogP contribution in [0.5, 0.6) is 0 Å². The number of carbonyl (C=O) groups excluding carboxylic acids is 3. The average Bonchev–Trinajstić information content (AvgIpc) is 3.28. The lowest BCUT2D eigenvalue weighted by Gasteiger charge is -2.38. The Bertz CT molecular complexity index is 610. The predicted octanol–water partition coefficient (Wildman–Crippen LogP) is 1.57. The molecule has 7 nitrogen and oxygen atoms in total. The zero-order valence-corrected chi connectivity index (χ0v) is 16.4. The van der Waals surface area contributed by atoms with Gasteiger partial charge >= 0.3 is 6.03 Å². The van der Waals surface area contributed by atoms with E-state index in [1.165, 1.54) is 25.7 Å². The van der Waals surface area contributed by atoms with E-state index in [4.69, 9.17) is 0 Å². The van der Waals surface area contributed by atoms with Crippen LogP contribution >= 0.6 is 0 Å². The number of nitrogens with zero attached hydrogens (tertiary/aromatic N) is 3. The first-order valence-corrected chi connectivity index (χ1v) is 10.7. The van der Waals surface area contributed by atoms with Crippen molar-refractivity contribution in [3.05, 3.63) is 0 Å². The molecule has 2 unspecified atom stereocenters. The van der Waals surface area contributed by atoms with E-state index in [0.717, 1.165) is 37.3 Å². The van der Waals surface area contributed by atoms with Crippen molar-refractivity contribution >= 4 is 17.8 Å². The van der Waals surface area contributed by atoms with E-state index in [0.29, 0.717) is 25.6 Å². The van der Waals surface area contributed by atoms with Crippen LogP contribution in [0.4, 0.5) is 4.79 Å². The van der Waals surface area contributed by atoms with Gasteiger partial charge in [0, 0.05) is 32.2 Å². The third-order valence-corrected chi connectivity index (χ3v) is 7.30. The van der Waals surface area contributed by atoms with E-state index < -0.39 is 11.6 Å². The summed E-state index contributed by atoms with van der Waals surface area (Å²) in [5.74, 6) is -0.180. The molecule has 4 amide bonds. The van der Waals surface area contributed by atoms with Crippen LogP contribution in [0.2, 0.25) is 0 Å². The second-order valence-electron chi connectivity index (χ2n) is 8.79. The first kappa shape index (κ1) is 18.7. The third-order valence-electron chi connectivity index (χ3n) is 7.30. The molecule has 2 aliphatic carbocycles. The summed E-state index contributed by atoms with van der Waals surface area (Å²) in [4.78, 5) is 43.7. The molecule has 2 aliphatic heterocycles. The number of hydrogen-bond donors (Lipinski definition) is 1. The Labute approximate surface area is 161 Å². The number of rotatable bonds is 3. The molecule has 2 saturated carbocycles. The Hall–Kier alpha value is -1.63. The van der Waals surface area contributed by atoms with Crippen molar-refractivity contribution in [1.82, 2.24) is 20.0 Å². The fourth-order valence-corrected chi connectivity index (χ4v) is 5.48. The molecule has 27 heavy (non-hydrogen) atoms. The minimum absolute atomic E-state index is 0.106. The molecule has 0 aromatic carbocycles. The lowest BCUT2D eigenvalue weighted by Crippen LogP contribution is -2.55. The molecule has 1 N–H and O–H groups in total. The largest absolute Gasteiger partial charge is 0.339 e. The van der Waals surface area contributed by atoms with E-state index in [9.17, 15) is 14.4 Å². The number of urea groups is 1. The van der Waals surface area contributed by atoms with E-state index in [1.54, 1.807) is 0 Å². The molecule has 0 bridgehead atoms. The van der Waals surface area contributed by atoms with E-state index >= 15 is 0 Å². The van der Waals surface area contributed by atoms with Crippen LogP contribution in [0.25, 0.3) is 0 Å². The van der Waals surface area contributed by atoms with Gasteiger partial charge in [-0.25, -0.2) is 4.79 Å². The highest BCUT2D eigenvalue weighted by atomic mass is 16.2. The standard InChI is InChI=1S/C20H32N4O3/c1-15-6-4-5-9-20(15)18(26)24(19(27)21-20)14-17(25)23-12-10-22(11-13-23)16-7-2-3-8-16/h15-16H,2-14H2,1H3,(H,21,27). The maximum absolute atomic E-state index is 13.0. The summed E-state index contributed by atoms with van der Waals surface area (Å²) in [7, 11) is 0. The molecule has 0 radical (unpaired) electrons. The van der Waals surface area contributed by atoms with Crippen LogP contribution in [0.15, 0.2) is 0 Å². The Balaban J connectivity index is 1.34. The SMILES string of the molecule is CC1CCCCC12NC(=O)N(CC(=O)N1CCN(C3CCCC3)CC1)C2=O. The first-order chi connectivity index (χ1) is 13.0. The molecule has 0 aromatic heterocycles. The number of carbonyl (C=O) groups is 3. The number of nitrogens with one attached hydrogen (secondary N) is 1. The minimum Gasteiger partial charge on any atom is -0.339 e. The lowest BCUT2D eigenvalue weighted by molar-refractivity contribution is -0.141. The van der Waals surface area contributed by atoms with Crippen molar-refractivity contribution in [1.29, 1.82) is 0 Å². The molecule has 2 heterocycles. The molecular weight excluding hydrogens is 344 g/mol. The van der Waals surface area contributed by atoms with Gasteiger partial charge in [0.05, 0.1) is 0 Å². The maximum Gasteiger partial charge on any atom is 0.325 e. The monoisotopic (exact) mass is 376 g/mol. The first-order valence-electron chi connectivity index (χ1n) is 10.7. The van der Waals surface area contributed by atoms with Gasteiger partial charge in [-0.1, -0.05) is 32.6 Å². The van der Waals surface area contributed by atoms with Crippen molar-refractivity contribution in [2.45, 2.75) is 69.9 Å². The van der Waals surface area contributed by atoms with Crippen LogP contribution in [0.3, 0.4) is 0 Å². The average molecular weight is 377 g/mol. The summed E-state index contributed by atoms with van der Waals surface area (Å²) in [6, 6.07) is 0.285. The lowest BCUT2D eigenvalue weighted by atomic mass is 9.73. The molecule has 2 atom stereocenters. The summed E-state index contributed by atoms with van der Waals surface area (Å²) >= 11 is 0. The van der Waals surface area contributed by atoms with Gasteiger partial charge in [0.15, 0.2) is 0 Å². The van der Waals surface area contributed by atoms with Crippen LogP contribution < -0.4 is 5.32 Å². The summed E-state index contributed by atoms with van der Waals surface area (Å²) in [6.45, 7) is 5.10. The Morgan fingerprint density at radius 1 is 1.04 bits per heavy atom. The summed E-state index contributed by atoms with van der Waals surface area (Å²) in [5, 5.41) is 2.93. The van der Waals surface area contributed by atoms with Crippen molar-refractivity contribution in [3.63, 3.8) is 0 Å². The van der Waals surface area contributed by atoms with Gasteiger partial charge in [-0.15, -0.1) is 0 Å². The van der Waals surface area contributed by atoms with Crippen LogP contribution in [-0.4, -0.2) is 76.8 Å². The predicted molar refractivity (Wildman–Crippen MR) is 101 cm³/mol. The number of imide groups is 1. The quantitative estimate of drug-likeness (QED) is 0.759. The second-order valence-corrected chi connectivity index (χ2v) is 8.79. The smallest absolute Gasteiger partial charge is 0.325 e. The molecule has 2 saturated heterocycles. The molecule has 4 rings (SSSR count). The van der Waals surface area contributed by atoms with Gasteiger partial charge in [0.25, 0.3) is 5.91 Å². The summed E-state index contributed by atoms with van der Waals surface area (Å²) in [5.41, 5.74) is -0.781. The molecule has 4 aliphatic rings. The number of amides is 4. The van der Waals surface area contributed by atoms with Crippen LogP contribution in [-0.2, 0) is 9.59 Å². The highest BCUT2D eigenvalue weighted by molar-refractivity contribution is 6.09. The minimum atomic E-state index is -0.781. The van der Waals surface area contributed by atoms with Crippen molar-refractivity contribution in [3.8, 4) is 0 Å². The molecule has 4 fully saturated rings. The van der Waals surface area contributed by atoms with Crippen molar-refractivity contribution in [2.24, 2.45) is 5.92 Å². The highest BCUT2D eigenvalue weighted by Crippen LogP contribution is 2.38. The fourth-order valence-electron chi connectivity index (χ4n) is 5.48. The Kier molecular flexibility index (Phi) is 5.14. The third kappa shape index (κ3) is 3.35. The highest BCUT2D eigenvalue weighted by Gasteiger charge is 2.55. The second kappa shape index (κ2) is 7.41. The van der Waals surface area contributed by atoms with Gasteiger partial charge < -0.3 is 10.2 Å².